The molecular formula is C22H27N5. The average molecular weight is 361 g/mol. The van der Waals surface area contributed by atoms with Gasteiger partial charge >= 0.3 is 0 Å². The van der Waals surface area contributed by atoms with Gasteiger partial charge < -0.3 is 10.2 Å². The zero-order valence-electron chi connectivity index (χ0n) is 16.3. The van der Waals surface area contributed by atoms with E-state index in [9.17, 15) is 0 Å². The second kappa shape index (κ2) is 9.12. The van der Waals surface area contributed by atoms with Crippen LogP contribution in [0.4, 0.5) is 11.8 Å². The molecule has 0 aliphatic rings. The van der Waals surface area contributed by atoms with Crippen molar-refractivity contribution in [3.05, 3.63) is 66.5 Å². The molecule has 0 unspecified atom stereocenters. The van der Waals surface area contributed by atoms with Gasteiger partial charge in [0.25, 0.3) is 0 Å². The molecule has 0 saturated carbocycles. The van der Waals surface area contributed by atoms with E-state index in [0.717, 1.165) is 36.6 Å². The van der Waals surface area contributed by atoms with Crippen LogP contribution in [0.3, 0.4) is 0 Å². The van der Waals surface area contributed by atoms with Crippen molar-refractivity contribution < 1.29 is 0 Å². The Morgan fingerprint density at radius 2 is 1.74 bits per heavy atom. The molecule has 0 aliphatic heterocycles. The first kappa shape index (κ1) is 18.8. The molecule has 0 bridgehead atoms. The van der Waals surface area contributed by atoms with Crippen molar-refractivity contribution in [2.45, 2.75) is 20.3 Å². The van der Waals surface area contributed by atoms with E-state index in [0.29, 0.717) is 11.9 Å². The fraction of sp³-hybridized carbons (Fsp3) is 0.318. The Labute approximate surface area is 161 Å². The lowest BCUT2D eigenvalue weighted by atomic mass is 10.1. The van der Waals surface area contributed by atoms with E-state index in [-0.39, 0.29) is 0 Å². The van der Waals surface area contributed by atoms with Crippen LogP contribution in [-0.2, 0) is 6.42 Å². The smallest absolute Gasteiger partial charge is 0.225 e. The maximum Gasteiger partial charge on any atom is 0.225 e. The molecule has 0 spiro atoms. The Balaban J connectivity index is 1.82. The lowest BCUT2D eigenvalue weighted by Gasteiger charge is -2.20. The summed E-state index contributed by atoms with van der Waals surface area (Å²) in [6.45, 7) is 6.07. The quantitative estimate of drug-likeness (QED) is 0.649. The van der Waals surface area contributed by atoms with Crippen molar-refractivity contribution in [1.82, 2.24) is 15.0 Å². The lowest BCUT2D eigenvalue weighted by molar-refractivity contribution is 0.684. The summed E-state index contributed by atoms with van der Waals surface area (Å²) in [7, 11) is 2.07. The third kappa shape index (κ3) is 5.51. The molecule has 140 valence electrons. The largest absolute Gasteiger partial charge is 0.359 e. The first-order valence-corrected chi connectivity index (χ1v) is 9.40. The van der Waals surface area contributed by atoms with Gasteiger partial charge in [-0.25, -0.2) is 4.98 Å². The number of rotatable bonds is 8. The fourth-order valence-corrected chi connectivity index (χ4v) is 2.72. The minimum absolute atomic E-state index is 0.529. The van der Waals surface area contributed by atoms with Gasteiger partial charge in [-0.3, -0.25) is 4.98 Å². The van der Waals surface area contributed by atoms with Crippen molar-refractivity contribution in [3.63, 3.8) is 0 Å². The highest BCUT2D eigenvalue weighted by Crippen LogP contribution is 2.23. The molecule has 0 amide bonds. The van der Waals surface area contributed by atoms with Gasteiger partial charge in [0.2, 0.25) is 5.95 Å². The zero-order valence-corrected chi connectivity index (χ0v) is 16.3. The van der Waals surface area contributed by atoms with Gasteiger partial charge in [-0.05, 0) is 30.0 Å². The summed E-state index contributed by atoms with van der Waals surface area (Å²) in [6, 6.07) is 16.4. The lowest BCUT2D eigenvalue weighted by Crippen LogP contribution is -2.22. The molecule has 0 fully saturated rings. The van der Waals surface area contributed by atoms with Crippen molar-refractivity contribution in [1.29, 1.82) is 0 Å². The molecule has 2 aromatic heterocycles. The molecule has 3 rings (SSSR count). The Morgan fingerprint density at radius 3 is 2.44 bits per heavy atom. The maximum atomic E-state index is 4.73. The molecule has 2 heterocycles. The summed E-state index contributed by atoms with van der Waals surface area (Å²) in [6.07, 6.45) is 4.61. The average Bonchev–Trinajstić information content (AvgIpc) is 2.71. The number of nitrogens with one attached hydrogen (secondary N) is 1. The summed E-state index contributed by atoms with van der Waals surface area (Å²) < 4.78 is 0. The van der Waals surface area contributed by atoms with Crippen LogP contribution in [0.2, 0.25) is 0 Å². The number of aromatic nitrogens is 3. The first-order chi connectivity index (χ1) is 13.1. The summed E-state index contributed by atoms with van der Waals surface area (Å²) in [5.74, 6) is 2.13. The number of hydrogen-bond acceptors (Lipinski definition) is 5. The van der Waals surface area contributed by atoms with E-state index < -0.39 is 0 Å². The minimum atomic E-state index is 0.529. The molecule has 1 aromatic carbocycles. The normalized spacial score (nSPS) is 10.8. The summed E-state index contributed by atoms with van der Waals surface area (Å²) in [4.78, 5) is 15.7. The molecule has 5 heteroatoms. The van der Waals surface area contributed by atoms with Crippen LogP contribution in [0.25, 0.3) is 11.3 Å². The number of likely N-dealkylation sites (N-methyl/N-ethyl adjacent to an activating group) is 1. The van der Waals surface area contributed by atoms with Gasteiger partial charge in [-0.15, -0.1) is 0 Å². The molecule has 27 heavy (non-hydrogen) atoms. The van der Waals surface area contributed by atoms with Crippen molar-refractivity contribution >= 4 is 11.8 Å². The topological polar surface area (TPSA) is 53.9 Å². The molecule has 3 aromatic rings. The van der Waals surface area contributed by atoms with Crippen LogP contribution < -0.4 is 10.2 Å². The molecule has 0 aliphatic carbocycles. The molecule has 0 atom stereocenters. The number of benzene rings is 1. The van der Waals surface area contributed by atoms with Crippen LogP contribution in [0, 0.1) is 5.92 Å². The van der Waals surface area contributed by atoms with Gasteiger partial charge in [-0.2, -0.15) is 4.98 Å². The number of pyridine rings is 1. The second-order valence-corrected chi connectivity index (χ2v) is 7.10. The molecule has 1 N–H and O–H groups in total. The van der Waals surface area contributed by atoms with Gasteiger partial charge in [-0.1, -0.05) is 44.2 Å². The Kier molecular flexibility index (Phi) is 6.36. The highest BCUT2D eigenvalue weighted by Gasteiger charge is 2.10. The highest BCUT2D eigenvalue weighted by molar-refractivity contribution is 5.64. The predicted molar refractivity (Wildman–Crippen MR) is 112 cm³/mol. The molecule has 5 nitrogen and oxygen atoms in total. The third-order valence-electron chi connectivity index (χ3n) is 4.33. The van der Waals surface area contributed by atoms with Gasteiger partial charge in [0.05, 0.1) is 5.69 Å². The van der Waals surface area contributed by atoms with Gasteiger partial charge in [0.15, 0.2) is 0 Å². The molecular weight excluding hydrogens is 334 g/mol. The number of nitrogens with zero attached hydrogens (tertiary/aromatic N) is 4. The van der Waals surface area contributed by atoms with E-state index in [1.165, 1.54) is 5.56 Å². The van der Waals surface area contributed by atoms with Crippen LogP contribution in [-0.4, -0.2) is 35.1 Å². The third-order valence-corrected chi connectivity index (χ3v) is 4.33. The van der Waals surface area contributed by atoms with Gasteiger partial charge in [0, 0.05) is 44.2 Å². The first-order valence-electron chi connectivity index (χ1n) is 9.40. The van der Waals surface area contributed by atoms with E-state index in [4.69, 9.17) is 9.97 Å². The zero-order chi connectivity index (χ0) is 19.1. The molecule has 0 saturated heterocycles. The minimum Gasteiger partial charge on any atom is -0.359 e. The van der Waals surface area contributed by atoms with E-state index >= 15 is 0 Å². The van der Waals surface area contributed by atoms with Crippen LogP contribution in [0.5, 0.6) is 0 Å². The Hall–Kier alpha value is -2.95. The van der Waals surface area contributed by atoms with E-state index in [1.54, 1.807) is 0 Å². The monoisotopic (exact) mass is 361 g/mol. The second-order valence-electron chi connectivity index (χ2n) is 7.10. The van der Waals surface area contributed by atoms with E-state index in [2.05, 4.69) is 66.4 Å². The predicted octanol–water partition coefficient (Wildman–Crippen LogP) is 4.29. The van der Waals surface area contributed by atoms with Crippen LogP contribution in [0.1, 0.15) is 19.4 Å². The van der Waals surface area contributed by atoms with Gasteiger partial charge in [0.1, 0.15) is 5.82 Å². The maximum absolute atomic E-state index is 4.73. The summed E-state index contributed by atoms with van der Waals surface area (Å²) in [5, 5.41) is 3.37. The SMILES string of the molecule is CC(C)CNc1nc(-c2ccccc2)cc(N(C)CCc2ccncc2)n1. The van der Waals surface area contributed by atoms with Crippen LogP contribution in [0.15, 0.2) is 60.9 Å². The Morgan fingerprint density at radius 1 is 1.00 bits per heavy atom. The molecule has 0 radical (unpaired) electrons. The number of anilines is 2. The summed E-state index contributed by atoms with van der Waals surface area (Å²) in [5.41, 5.74) is 3.30. The number of hydrogen-bond donors (Lipinski definition) is 1. The van der Waals surface area contributed by atoms with E-state index in [1.807, 2.05) is 30.6 Å². The van der Waals surface area contributed by atoms with Crippen molar-refractivity contribution in [2.24, 2.45) is 5.92 Å². The van der Waals surface area contributed by atoms with Crippen molar-refractivity contribution in [2.75, 3.05) is 30.4 Å². The highest BCUT2D eigenvalue weighted by atomic mass is 15.2. The Bertz CT molecular complexity index is 834. The van der Waals surface area contributed by atoms with Crippen molar-refractivity contribution in [3.8, 4) is 11.3 Å². The fourth-order valence-electron chi connectivity index (χ4n) is 2.72. The summed E-state index contributed by atoms with van der Waals surface area (Å²) >= 11 is 0. The van der Waals surface area contributed by atoms with Crippen LogP contribution >= 0.6 is 0 Å². The standard InChI is InChI=1S/C22H27N5/c1-17(2)16-24-22-25-20(19-7-5-4-6-8-19)15-21(26-22)27(3)14-11-18-9-12-23-13-10-18/h4-10,12-13,15,17H,11,14,16H2,1-3H3,(H,24,25,26).